The maximum absolute atomic E-state index is 12.6. The first-order valence-corrected chi connectivity index (χ1v) is 12.0. The summed E-state index contributed by atoms with van der Waals surface area (Å²) < 4.78 is 5.61. The summed E-state index contributed by atoms with van der Waals surface area (Å²) in [4.78, 5) is 12.6. The summed E-state index contributed by atoms with van der Waals surface area (Å²) in [5.74, 6) is 0.0412. The lowest BCUT2D eigenvalue weighted by atomic mass is 9.61. The Morgan fingerprint density at radius 1 is 1.00 bits per heavy atom. The van der Waals surface area contributed by atoms with Crippen molar-refractivity contribution in [2.45, 2.75) is 43.6 Å². The van der Waals surface area contributed by atoms with Crippen molar-refractivity contribution in [2.24, 2.45) is 0 Å². The van der Waals surface area contributed by atoms with Gasteiger partial charge in [0.15, 0.2) is 0 Å². The predicted molar refractivity (Wildman–Crippen MR) is 138 cm³/mol. The highest BCUT2D eigenvalue weighted by molar-refractivity contribution is 6.30. The summed E-state index contributed by atoms with van der Waals surface area (Å²) in [6.07, 6.45) is 4.75. The van der Waals surface area contributed by atoms with E-state index in [1.54, 1.807) is 19.2 Å². The van der Waals surface area contributed by atoms with E-state index in [2.05, 4.69) is 48.6 Å². The van der Waals surface area contributed by atoms with Gasteiger partial charge < -0.3 is 15.2 Å². The van der Waals surface area contributed by atoms with Crippen molar-refractivity contribution in [2.75, 3.05) is 12.4 Å². The lowest BCUT2D eigenvalue weighted by Crippen LogP contribution is -2.52. The molecule has 5 heteroatoms. The topological polar surface area (TPSA) is 58.6 Å². The molecule has 0 unspecified atom stereocenters. The SMILES string of the molecule is COc1cccc(C2=Cc3ccccc3C23CCC(Nc2cccc(Cl)c2)(C(=O)O)CC3)c1C. The second-order valence-corrected chi connectivity index (χ2v) is 9.82. The highest BCUT2D eigenvalue weighted by atomic mass is 35.5. The second-order valence-electron chi connectivity index (χ2n) is 9.38. The van der Waals surface area contributed by atoms with Crippen LogP contribution in [0.15, 0.2) is 66.7 Å². The van der Waals surface area contributed by atoms with Crippen molar-refractivity contribution in [1.29, 1.82) is 0 Å². The van der Waals surface area contributed by atoms with E-state index >= 15 is 0 Å². The zero-order valence-corrected chi connectivity index (χ0v) is 20.2. The molecule has 2 aliphatic rings. The first-order valence-electron chi connectivity index (χ1n) is 11.6. The number of aliphatic carboxylic acids is 1. The molecular formula is C29H28ClNO3. The maximum Gasteiger partial charge on any atom is 0.329 e. The minimum Gasteiger partial charge on any atom is -0.496 e. The summed E-state index contributed by atoms with van der Waals surface area (Å²) in [5.41, 5.74) is 5.49. The van der Waals surface area contributed by atoms with Crippen molar-refractivity contribution in [3.8, 4) is 5.75 Å². The molecule has 0 amide bonds. The van der Waals surface area contributed by atoms with Crippen LogP contribution in [0.5, 0.6) is 5.75 Å². The summed E-state index contributed by atoms with van der Waals surface area (Å²) in [5, 5.41) is 14.2. The van der Waals surface area contributed by atoms with Crippen LogP contribution in [-0.2, 0) is 10.2 Å². The molecule has 4 nitrogen and oxygen atoms in total. The van der Waals surface area contributed by atoms with E-state index in [1.165, 1.54) is 22.3 Å². The standard InChI is InChI=1S/C29H28ClNO3/c1-19-23(10-6-12-26(19)34-2)25-17-20-7-3-4-11-24(20)28(25)13-15-29(16-14-28,27(32)33)31-22-9-5-8-21(30)18-22/h3-12,17-18,31H,13-16H2,1-2H3,(H,32,33). The van der Waals surface area contributed by atoms with Crippen LogP contribution in [-0.4, -0.2) is 23.7 Å². The normalized spacial score (nSPS) is 23.3. The molecule has 174 valence electrons. The third-order valence-electron chi connectivity index (χ3n) is 7.66. The van der Waals surface area contributed by atoms with E-state index in [0.717, 1.165) is 29.8 Å². The number of hydrogen-bond acceptors (Lipinski definition) is 3. The number of nitrogens with one attached hydrogen (secondary N) is 1. The zero-order valence-electron chi connectivity index (χ0n) is 19.4. The van der Waals surface area contributed by atoms with E-state index < -0.39 is 11.5 Å². The van der Waals surface area contributed by atoms with Crippen LogP contribution in [0.2, 0.25) is 5.02 Å². The average Bonchev–Trinajstić information content (AvgIpc) is 3.14. The highest BCUT2D eigenvalue weighted by Crippen LogP contribution is 2.57. The molecule has 1 spiro atoms. The Balaban J connectivity index is 1.55. The largest absolute Gasteiger partial charge is 0.496 e. The molecular weight excluding hydrogens is 446 g/mol. The van der Waals surface area contributed by atoms with Crippen LogP contribution in [0.3, 0.4) is 0 Å². The molecule has 2 N–H and O–H groups in total. The fraction of sp³-hybridized carbons (Fsp3) is 0.276. The van der Waals surface area contributed by atoms with E-state index in [0.29, 0.717) is 17.9 Å². The number of methoxy groups -OCH3 is 1. The molecule has 3 aromatic rings. The van der Waals surface area contributed by atoms with Gasteiger partial charge in [0.2, 0.25) is 0 Å². The Hall–Kier alpha value is -3.24. The molecule has 2 aliphatic carbocycles. The van der Waals surface area contributed by atoms with Crippen LogP contribution in [0, 0.1) is 6.92 Å². The van der Waals surface area contributed by atoms with Crippen LogP contribution >= 0.6 is 11.6 Å². The number of fused-ring (bicyclic) bond motifs is 2. The maximum atomic E-state index is 12.6. The van der Waals surface area contributed by atoms with Crippen molar-refractivity contribution in [3.05, 3.63) is 94.0 Å². The smallest absolute Gasteiger partial charge is 0.329 e. The van der Waals surface area contributed by atoms with Crippen molar-refractivity contribution >= 4 is 34.9 Å². The number of benzene rings is 3. The number of carboxylic acids is 1. The molecule has 34 heavy (non-hydrogen) atoms. The number of carboxylic acid groups (broad SMARTS) is 1. The Bertz CT molecular complexity index is 1290. The summed E-state index contributed by atoms with van der Waals surface area (Å²) >= 11 is 6.16. The number of rotatable bonds is 5. The fourth-order valence-corrected chi connectivity index (χ4v) is 6.03. The molecule has 0 atom stereocenters. The molecule has 0 saturated heterocycles. The molecule has 0 bridgehead atoms. The lowest BCUT2D eigenvalue weighted by Gasteiger charge is -2.45. The van der Waals surface area contributed by atoms with Gasteiger partial charge in [0.25, 0.3) is 0 Å². The van der Waals surface area contributed by atoms with Crippen molar-refractivity contribution < 1.29 is 14.6 Å². The monoisotopic (exact) mass is 473 g/mol. The minimum absolute atomic E-state index is 0.233. The van der Waals surface area contributed by atoms with Crippen molar-refractivity contribution in [1.82, 2.24) is 0 Å². The Morgan fingerprint density at radius 2 is 1.74 bits per heavy atom. The average molecular weight is 474 g/mol. The van der Waals surface area contributed by atoms with Crippen LogP contribution in [0.1, 0.15) is 47.9 Å². The van der Waals surface area contributed by atoms with Gasteiger partial charge in [0.05, 0.1) is 7.11 Å². The van der Waals surface area contributed by atoms with Crippen LogP contribution in [0.4, 0.5) is 5.69 Å². The highest BCUT2D eigenvalue weighted by Gasteiger charge is 2.52. The first-order chi connectivity index (χ1) is 16.4. The van der Waals surface area contributed by atoms with Crippen LogP contribution < -0.4 is 10.1 Å². The third kappa shape index (κ3) is 3.57. The minimum atomic E-state index is -1.04. The summed E-state index contributed by atoms with van der Waals surface area (Å²) in [6.45, 7) is 2.09. The number of halogens is 1. The molecule has 0 aliphatic heterocycles. The number of anilines is 1. The Labute approximate surface area is 205 Å². The van der Waals surface area contributed by atoms with Gasteiger partial charge >= 0.3 is 5.97 Å². The van der Waals surface area contributed by atoms with Crippen LogP contribution in [0.25, 0.3) is 11.6 Å². The predicted octanol–water partition coefficient (Wildman–Crippen LogP) is 6.96. The Morgan fingerprint density at radius 3 is 2.44 bits per heavy atom. The van der Waals surface area contributed by atoms with E-state index in [4.69, 9.17) is 16.3 Å². The number of allylic oxidation sites excluding steroid dienone is 1. The van der Waals surface area contributed by atoms with Gasteiger partial charge in [-0.15, -0.1) is 0 Å². The zero-order chi connectivity index (χ0) is 23.9. The van der Waals surface area contributed by atoms with E-state index in [9.17, 15) is 9.90 Å². The number of ether oxygens (including phenoxy) is 1. The lowest BCUT2D eigenvalue weighted by molar-refractivity contribution is -0.143. The van der Waals surface area contributed by atoms with Gasteiger partial charge in [-0.1, -0.05) is 54.1 Å². The number of hydrogen-bond donors (Lipinski definition) is 2. The van der Waals surface area contributed by atoms with Gasteiger partial charge in [-0.2, -0.15) is 0 Å². The van der Waals surface area contributed by atoms with E-state index in [-0.39, 0.29) is 5.41 Å². The fourth-order valence-electron chi connectivity index (χ4n) is 5.84. The molecule has 0 aromatic heterocycles. The molecule has 1 fully saturated rings. The number of carbonyl (C=O) groups is 1. The van der Waals surface area contributed by atoms with Gasteiger partial charge in [-0.25, -0.2) is 4.79 Å². The van der Waals surface area contributed by atoms with Gasteiger partial charge in [0, 0.05) is 16.1 Å². The Kier molecular flexibility index (Phi) is 5.65. The summed E-state index contributed by atoms with van der Waals surface area (Å²) in [7, 11) is 1.70. The molecule has 0 heterocycles. The summed E-state index contributed by atoms with van der Waals surface area (Å²) in [6, 6.07) is 22.0. The quantitative estimate of drug-likeness (QED) is 0.420. The first kappa shape index (κ1) is 22.5. The van der Waals surface area contributed by atoms with Crippen molar-refractivity contribution in [3.63, 3.8) is 0 Å². The van der Waals surface area contributed by atoms with Gasteiger partial charge in [-0.05, 0) is 90.8 Å². The van der Waals surface area contributed by atoms with Gasteiger partial charge in [-0.3, -0.25) is 0 Å². The molecule has 1 saturated carbocycles. The second kappa shape index (κ2) is 8.52. The molecule has 5 rings (SSSR count). The molecule has 3 aromatic carbocycles. The van der Waals surface area contributed by atoms with E-state index in [1.807, 2.05) is 24.3 Å². The third-order valence-corrected chi connectivity index (χ3v) is 7.90. The molecule has 0 radical (unpaired) electrons. The van der Waals surface area contributed by atoms with Gasteiger partial charge in [0.1, 0.15) is 11.3 Å².